The second kappa shape index (κ2) is 7.18. The molecule has 0 unspecified atom stereocenters. The minimum absolute atomic E-state index is 0.112. The van der Waals surface area contributed by atoms with Gasteiger partial charge in [-0.3, -0.25) is 9.00 Å². The van der Waals surface area contributed by atoms with Crippen molar-refractivity contribution < 1.29 is 9.00 Å². The molecule has 1 atom stereocenters. The zero-order chi connectivity index (χ0) is 15.2. The molecule has 0 saturated heterocycles. The zero-order valence-electron chi connectivity index (χ0n) is 12.3. The average molecular weight is 301 g/mol. The van der Waals surface area contributed by atoms with Crippen molar-refractivity contribution in [3.8, 4) is 0 Å². The fourth-order valence-corrected chi connectivity index (χ4v) is 2.68. The Morgan fingerprint density at radius 2 is 1.81 bits per heavy atom. The molecule has 21 heavy (non-hydrogen) atoms. The molecule has 0 fully saturated rings. The molecule has 0 heterocycles. The maximum atomic E-state index is 12.1. The summed E-state index contributed by atoms with van der Waals surface area (Å²) < 4.78 is 11.2. The zero-order valence-corrected chi connectivity index (χ0v) is 13.1. The van der Waals surface area contributed by atoms with Crippen molar-refractivity contribution in [3.63, 3.8) is 0 Å². The summed E-state index contributed by atoms with van der Waals surface area (Å²) in [6.07, 6.45) is 1.66. The highest BCUT2D eigenvalue weighted by atomic mass is 32.2. The van der Waals surface area contributed by atoms with Crippen LogP contribution in [0.4, 0.5) is 0 Å². The van der Waals surface area contributed by atoms with E-state index in [1.165, 1.54) is 5.56 Å². The van der Waals surface area contributed by atoms with Crippen LogP contribution >= 0.6 is 0 Å². The third kappa shape index (κ3) is 4.83. The van der Waals surface area contributed by atoms with E-state index in [4.69, 9.17) is 0 Å². The molecule has 0 saturated carbocycles. The fraction of sp³-hybridized carbons (Fsp3) is 0.235. The molecule has 0 spiro atoms. The number of benzene rings is 2. The lowest BCUT2D eigenvalue weighted by Crippen LogP contribution is -2.22. The number of carbonyl (C=O) groups is 1. The Kier molecular flexibility index (Phi) is 5.28. The highest BCUT2D eigenvalue weighted by molar-refractivity contribution is 7.83. The summed E-state index contributed by atoms with van der Waals surface area (Å²) in [5.41, 5.74) is 3.79. The van der Waals surface area contributed by atoms with Crippen LogP contribution in [-0.2, 0) is 23.1 Å². The van der Waals surface area contributed by atoms with E-state index >= 15 is 0 Å². The second-order valence-electron chi connectivity index (χ2n) is 5.09. The molecule has 2 aromatic carbocycles. The van der Waals surface area contributed by atoms with Crippen LogP contribution in [0.5, 0.6) is 0 Å². The predicted molar refractivity (Wildman–Crippen MR) is 86.6 cm³/mol. The maximum absolute atomic E-state index is 12.1. The molecule has 1 amide bonds. The van der Waals surface area contributed by atoms with Crippen LogP contribution in [0.25, 0.3) is 0 Å². The monoisotopic (exact) mass is 301 g/mol. The average Bonchev–Trinajstić information content (AvgIpc) is 2.46. The molecule has 1 N–H and O–H groups in total. The second-order valence-corrected chi connectivity index (χ2v) is 6.52. The number of amides is 1. The van der Waals surface area contributed by atoms with Crippen LogP contribution in [0.1, 0.15) is 27.0 Å². The van der Waals surface area contributed by atoms with E-state index in [2.05, 4.69) is 5.32 Å². The van der Waals surface area contributed by atoms with Crippen molar-refractivity contribution in [2.24, 2.45) is 0 Å². The van der Waals surface area contributed by atoms with Gasteiger partial charge < -0.3 is 5.32 Å². The summed E-state index contributed by atoms with van der Waals surface area (Å²) in [5.74, 6) is 0.360. The Balaban J connectivity index is 1.99. The highest BCUT2D eigenvalue weighted by Crippen LogP contribution is 2.08. The SMILES string of the molecule is Cc1ccc(CNC(=O)c2cccc(C[S@](C)=O)c2)cc1. The standard InChI is InChI=1S/C17H19NO2S/c1-13-6-8-14(9-7-13)11-18-17(19)16-5-3-4-15(10-16)12-21(2)20/h3-10H,11-12H2,1-2H3,(H,18,19)/t21-/m0/s1. The summed E-state index contributed by atoms with van der Waals surface area (Å²) in [7, 11) is -0.905. The maximum Gasteiger partial charge on any atom is 0.251 e. The van der Waals surface area contributed by atoms with Gasteiger partial charge in [-0.05, 0) is 30.2 Å². The minimum atomic E-state index is -0.905. The van der Waals surface area contributed by atoms with Crippen LogP contribution in [0, 0.1) is 6.92 Å². The molecule has 0 radical (unpaired) electrons. The molecule has 0 aromatic heterocycles. The fourth-order valence-electron chi connectivity index (χ4n) is 2.03. The van der Waals surface area contributed by atoms with Gasteiger partial charge in [-0.2, -0.15) is 0 Å². The van der Waals surface area contributed by atoms with Gasteiger partial charge in [-0.15, -0.1) is 0 Å². The lowest BCUT2D eigenvalue weighted by molar-refractivity contribution is 0.0951. The van der Waals surface area contributed by atoms with E-state index < -0.39 is 10.8 Å². The lowest BCUT2D eigenvalue weighted by atomic mass is 10.1. The Hall–Kier alpha value is -1.94. The van der Waals surface area contributed by atoms with Crippen molar-refractivity contribution >= 4 is 16.7 Å². The highest BCUT2D eigenvalue weighted by Gasteiger charge is 2.06. The molecular weight excluding hydrogens is 282 g/mol. The van der Waals surface area contributed by atoms with E-state index in [1.807, 2.05) is 43.3 Å². The number of rotatable bonds is 5. The third-order valence-electron chi connectivity index (χ3n) is 3.13. The van der Waals surface area contributed by atoms with Crippen LogP contribution in [0.3, 0.4) is 0 Å². The van der Waals surface area contributed by atoms with Gasteiger partial charge in [0.2, 0.25) is 0 Å². The van der Waals surface area contributed by atoms with Gasteiger partial charge in [0.25, 0.3) is 5.91 Å². The number of carbonyl (C=O) groups excluding carboxylic acids is 1. The van der Waals surface area contributed by atoms with Crippen LogP contribution in [-0.4, -0.2) is 16.4 Å². The van der Waals surface area contributed by atoms with Gasteiger partial charge in [0, 0.05) is 34.9 Å². The number of hydrogen-bond donors (Lipinski definition) is 1. The molecule has 2 rings (SSSR count). The largest absolute Gasteiger partial charge is 0.348 e. The van der Waals surface area contributed by atoms with Crippen molar-refractivity contribution in [2.75, 3.05) is 6.26 Å². The van der Waals surface area contributed by atoms with Crippen LogP contribution < -0.4 is 5.32 Å². The molecule has 0 aliphatic carbocycles. The first-order valence-corrected chi connectivity index (χ1v) is 8.50. The van der Waals surface area contributed by atoms with Crippen molar-refractivity contribution in [3.05, 3.63) is 70.8 Å². The van der Waals surface area contributed by atoms with Crippen molar-refractivity contribution in [1.29, 1.82) is 0 Å². The molecular formula is C17H19NO2S. The van der Waals surface area contributed by atoms with E-state index in [0.29, 0.717) is 17.9 Å². The minimum Gasteiger partial charge on any atom is -0.348 e. The first-order valence-electron chi connectivity index (χ1n) is 6.77. The summed E-state index contributed by atoms with van der Waals surface area (Å²) in [4.78, 5) is 12.1. The van der Waals surface area contributed by atoms with E-state index in [-0.39, 0.29) is 5.91 Å². The van der Waals surface area contributed by atoms with Crippen LogP contribution in [0.15, 0.2) is 48.5 Å². The van der Waals surface area contributed by atoms with Gasteiger partial charge >= 0.3 is 0 Å². The Morgan fingerprint density at radius 1 is 1.10 bits per heavy atom. The first kappa shape index (κ1) is 15.4. The summed E-state index contributed by atoms with van der Waals surface area (Å²) in [6, 6.07) is 15.3. The van der Waals surface area contributed by atoms with E-state index in [0.717, 1.165) is 11.1 Å². The van der Waals surface area contributed by atoms with Gasteiger partial charge in [-0.25, -0.2) is 0 Å². The van der Waals surface area contributed by atoms with E-state index in [9.17, 15) is 9.00 Å². The Bertz CT molecular complexity index is 650. The molecule has 0 bridgehead atoms. The molecule has 0 aliphatic rings. The Labute approximate surface area is 127 Å². The quantitative estimate of drug-likeness (QED) is 0.923. The molecule has 110 valence electrons. The van der Waals surface area contributed by atoms with Gasteiger partial charge in [0.15, 0.2) is 0 Å². The summed E-state index contributed by atoms with van der Waals surface area (Å²) in [6.45, 7) is 2.54. The summed E-state index contributed by atoms with van der Waals surface area (Å²) in [5, 5.41) is 2.90. The van der Waals surface area contributed by atoms with Crippen LogP contribution in [0.2, 0.25) is 0 Å². The molecule has 4 heteroatoms. The predicted octanol–water partition coefficient (Wildman–Crippen LogP) is 2.80. The molecule has 0 aliphatic heterocycles. The third-order valence-corrected chi connectivity index (χ3v) is 3.87. The van der Waals surface area contributed by atoms with Gasteiger partial charge in [0.1, 0.15) is 0 Å². The van der Waals surface area contributed by atoms with Gasteiger partial charge in [0.05, 0.1) is 0 Å². The smallest absolute Gasteiger partial charge is 0.251 e. The normalized spacial score (nSPS) is 11.9. The summed E-state index contributed by atoms with van der Waals surface area (Å²) >= 11 is 0. The molecule has 3 nitrogen and oxygen atoms in total. The number of aryl methyl sites for hydroxylation is 1. The Morgan fingerprint density at radius 3 is 2.48 bits per heavy atom. The first-order chi connectivity index (χ1) is 10.0. The van der Waals surface area contributed by atoms with Gasteiger partial charge in [-0.1, -0.05) is 42.0 Å². The van der Waals surface area contributed by atoms with Crippen molar-refractivity contribution in [2.45, 2.75) is 19.2 Å². The topological polar surface area (TPSA) is 46.2 Å². The van der Waals surface area contributed by atoms with E-state index in [1.54, 1.807) is 18.4 Å². The van der Waals surface area contributed by atoms with Crippen molar-refractivity contribution in [1.82, 2.24) is 5.32 Å². The molecule has 2 aromatic rings. The number of nitrogens with one attached hydrogen (secondary N) is 1. The number of hydrogen-bond acceptors (Lipinski definition) is 2. The lowest BCUT2D eigenvalue weighted by Gasteiger charge is -2.07.